The third-order valence-electron chi connectivity index (χ3n) is 6.54. The Morgan fingerprint density at radius 3 is 2.55 bits per heavy atom. The van der Waals surface area contributed by atoms with Crippen molar-refractivity contribution in [3.8, 4) is 11.3 Å². The van der Waals surface area contributed by atoms with Crippen LogP contribution in [0.25, 0.3) is 22.2 Å². The zero-order chi connectivity index (χ0) is 21.4. The average molecular weight is 415 g/mol. The SMILES string of the molecule is NC1(C(=O)N2CCNCC2C(=O)c2ccc(-c3ccc4ccccc4n3)cc2)CCC1. The lowest BCUT2D eigenvalue weighted by molar-refractivity contribution is -0.142. The summed E-state index contributed by atoms with van der Waals surface area (Å²) in [5.74, 6) is -0.142. The molecule has 1 amide bonds. The van der Waals surface area contributed by atoms with E-state index in [0.29, 0.717) is 38.0 Å². The first-order valence-electron chi connectivity index (χ1n) is 10.9. The van der Waals surface area contributed by atoms with Crippen LogP contribution < -0.4 is 11.1 Å². The molecule has 31 heavy (non-hydrogen) atoms. The zero-order valence-electron chi connectivity index (χ0n) is 17.4. The number of piperazine rings is 1. The van der Waals surface area contributed by atoms with Gasteiger partial charge in [0.05, 0.1) is 16.7 Å². The lowest BCUT2D eigenvalue weighted by Crippen LogP contribution is -2.66. The smallest absolute Gasteiger partial charge is 0.243 e. The predicted octanol–water partition coefficient (Wildman–Crippen LogP) is 2.77. The summed E-state index contributed by atoms with van der Waals surface area (Å²) in [5.41, 5.74) is 8.83. The van der Waals surface area contributed by atoms with Crippen molar-refractivity contribution in [3.63, 3.8) is 0 Å². The summed E-state index contributed by atoms with van der Waals surface area (Å²) in [6, 6.07) is 19.0. The molecule has 2 heterocycles. The summed E-state index contributed by atoms with van der Waals surface area (Å²) in [5, 5.41) is 4.34. The maximum absolute atomic E-state index is 13.3. The van der Waals surface area contributed by atoms with E-state index in [1.165, 1.54) is 0 Å². The predicted molar refractivity (Wildman–Crippen MR) is 121 cm³/mol. The molecule has 2 aliphatic rings. The van der Waals surface area contributed by atoms with Gasteiger partial charge in [-0.25, -0.2) is 4.98 Å². The van der Waals surface area contributed by atoms with E-state index < -0.39 is 11.6 Å². The number of carbonyl (C=O) groups excluding carboxylic acids is 2. The van der Waals surface area contributed by atoms with Crippen LogP contribution in [0.3, 0.4) is 0 Å². The number of Topliss-reactive ketones (excluding diaryl/α,β-unsaturated/α-hetero) is 1. The van der Waals surface area contributed by atoms with Crippen molar-refractivity contribution >= 4 is 22.6 Å². The molecular formula is C25H26N4O2. The van der Waals surface area contributed by atoms with Gasteiger partial charge in [-0.1, -0.05) is 48.5 Å². The second-order valence-electron chi connectivity index (χ2n) is 8.56. The number of benzene rings is 2. The minimum Gasteiger partial charge on any atom is -0.328 e. The van der Waals surface area contributed by atoms with Crippen molar-refractivity contribution in [3.05, 3.63) is 66.2 Å². The number of hydrogen-bond donors (Lipinski definition) is 2. The third-order valence-corrected chi connectivity index (χ3v) is 6.54. The Morgan fingerprint density at radius 2 is 1.81 bits per heavy atom. The van der Waals surface area contributed by atoms with E-state index in [2.05, 4.69) is 11.4 Å². The first kappa shape index (κ1) is 19.8. The number of aromatic nitrogens is 1. The fourth-order valence-corrected chi connectivity index (χ4v) is 4.46. The summed E-state index contributed by atoms with van der Waals surface area (Å²) in [7, 11) is 0. The molecule has 3 N–H and O–H groups in total. The molecule has 6 heteroatoms. The van der Waals surface area contributed by atoms with Crippen LogP contribution in [0.1, 0.15) is 29.6 Å². The first-order valence-corrected chi connectivity index (χ1v) is 10.9. The molecular weight excluding hydrogens is 388 g/mol. The van der Waals surface area contributed by atoms with E-state index >= 15 is 0 Å². The van der Waals surface area contributed by atoms with Gasteiger partial charge in [0.15, 0.2) is 5.78 Å². The van der Waals surface area contributed by atoms with Gasteiger partial charge in [0.2, 0.25) is 5.91 Å². The lowest BCUT2D eigenvalue weighted by Gasteiger charge is -2.44. The number of fused-ring (bicyclic) bond motifs is 1. The number of nitrogens with two attached hydrogens (primary N) is 1. The van der Waals surface area contributed by atoms with Crippen molar-refractivity contribution < 1.29 is 9.59 Å². The maximum atomic E-state index is 13.3. The number of nitrogens with zero attached hydrogens (tertiary/aromatic N) is 2. The lowest BCUT2D eigenvalue weighted by atomic mass is 9.76. The number of nitrogens with one attached hydrogen (secondary N) is 1. The minimum absolute atomic E-state index is 0.0542. The number of amides is 1. The van der Waals surface area contributed by atoms with Crippen LogP contribution in [0.5, 0.6) is 0 Å². The van der Waals surface area contributed by atoms with E-state index in [1.54, 1.807) is 4.90 Å². The molecule has 1 saturated carbocycles. The van der Waals surface area contributed by atoms with Gasteiger partial charge in [0, 0.05) is 36.1 Å². The van der Waals surface area contributed by atoms with Gasteiger partial charge in [-0.2, -0.15) is 0 Å². The Bertz CT molecular complexity index is 1140. The highest BCUT2D eigenvalue weighted by Crippen LogP contribution is 2.32. The quantitative estimate of drug-likeness (QED) is 0.641. The molecule has 1 aromatic heterocycles. The first-order chi connectivity index (χ1) is 15.0. The van der Waals surface area contributed by atoms with Gasteiger partial charge >= 0.3 is 0 Å². The molecule has 1 saturated heterocycles. The third kappa shape index (κ3) is 3.62. The molecule has 5 rings (SSSR count). The topological polar surface area (TPSA) is 88.3 Å². The Labute approximate surface area is 181 Å². The van der Waals surface area contributed by atoms with Crippen LogP contribution in [0.4, 0.5) is 0 Å². The largest absolute Gasteiger partial charge is 0.328 e. The average Bonchev–Trinajstić information content (AvgIpc) is 2.81. The van der Waals surface area contributed by atoms with Crippen LogP contribution in [0.15, 0.2) is 60.7 Å². The van der Waals surface area contributed by atoms with Gasteiger partial charge in [0.1, 0.15) is 6.04 Å². The van der Waals surface area contributed by atoms with Crippen LogP contribution >= 0.6 is 0 Å². The molecule has 1 atom stereocenters. The number of pyridine rings is 1. The van der Waals surface area contributed by atoms with Crippen molar-refractivity contribution in [1.29, 1.82) is 0 Å². The highest BCUT2D eigenvalue weighted by molar-refractivity contribution is 6.03. The molecule has 0 spiro atoms. The molecule has 2 fully saturated rings. The van der Waals surface area contributed by atoms with Gasteiger partial charge in [-0.05, 0) is 31.4 Å². The molecule has 0 radical (unpaired) electrons. The van der Waals surface area contributed by atoms with E-state index in [0.717, 1.165) is 28.6 Å². The highest BCUT2D eigenvalue weighted by atomic mass is 16.2. The summed E-state index contributed by atoms with van der Waals surface area (Å²) < 4.78 is 0. The Balaban J connectivity index is 1.37. The highest BCUT2D eigenvalue weighted by Gasteiger charge is 2.46. The van der Waals surface area contributed by atoms with E-state index in [9.17, 15) is 9.59 Å². The van der Waals surface area contributed by atoms with Gasteiger partial charge in [-0.15, -0.1) is 0 Å². The molecule has 6 nitrogen and oxygen atoms in total. The Hall–Kier alpha value is -3.09. The number of carbonyl (C=O) groups is 2. The van der Waals surface area contributed by atoms with Crippen LogP contribution in [-0.4, -0.2) is 52.8 Å². The molecule has 1 aliphatic carbocycles. The molecule has 1 unspecified atom stereocenters. The van der Waals surface area contributed by atoms with Crippen molar-refractivity contribution in [2.75, 3.05) is 19.6 Å². The standard InChI is InChI=1S/C25H26N4O2/c26-25(12-3-13-25)24(31)29-15-14-27-16-22(29)23(30)19-8-6-18(7-9-19)21-11-10-17-4-1-2-5-20(17)28-21/h1-2,4-11,22,27H,3,12-16,26H2. The van der Waals surface area contributed by atoms with Crippen molar-refractivity contribution in [2.24, 2.45) is 5.73 Å². The summed E-state index contributed by atoms with van der Waals surface area (Å²) in [6.45, 7) is 1.64. The molecule has 3 aromatic rings. The van der Waals surface area contributed by atoms with Crippen LogP contribution in [-0.2, 0) is 4.79 Å². The maximum Gasteiger partial charge on any atom is 0.243 e. The molecule has 158 valence electrons. The van der Waals surface area contributed by atoms with Crippen LogP contribution in [0, 0.1) is 0 Å². The second-order valence-corrected chi connectivity index (χ2v) is 8.56. The minimum atomic E-state index is -0.790. The van der Waals surface area contributed by atoms with Crippen molar-refractivity contribution in [1.82, 2.24) is 15.2 Å². The normalized spacial score (nSPS) is 20.3. The van der Waals surface area contributed by atoms with Gasteiger partial charge in [0.25, 0.3) is 0 Å². The Morgan fingerprint density at radius 1 is 1.03 bits per heavy atom. The number of rotatable bonds is 4. The molecule has 0 bridgehead atoms. The number of hydrogen-bond acceptors (Lipinski definition) is 5. The van der Waals surface area contributed by atoms with E-state index in [1.807, 2.05) is 54.6 Å². The van der Waals surface area contributed by atoms with Crippen LogP contribution in [0.2, 0.25) is 0 Å². The zero-order valence-corrected chi connectivity index (χ0v) is 17.4. The number of para-hydroxylation sites is 1. The Kier molecular flexibility index (Phi) is 5.04. The van der Waals surface area contributed by atoms with Gasteiger partial charge < -0.3 is 16.0 Å². The molecule has 2 aromatic carbocycles. The summed E-state index contributed by atoms with van der Waals surface area (Å²) >= 11 is 0. The second kappa shape index (κ2) is 7.87. The number of ketones is 1. The monoisotopic (exact) mass is 414 g/mol. The van der Waals surface area contributed by atoms with Crippen molar-refractivity contribution in [2.45, 2.75) is 30.8 Å². The fraction of sp³-hybridized carbons (Fsp3) is 0.320. The van der Waals surface area contributed by atoms with Gasteiger partial charge in [-0.3, -0.25) is 9.59 Å². The van der Waals surface area contributed by atoms with E-state index in [-0.39, 0.29) is 11.7 Å². The summed E-state index contributed by atoms with van der Waals surface area (Å²) in [6.07, 6.45) is 2.37. The van der Waals surface area contributed by atoms with E-state index in [4.69, 9.17) is 10.7 Å². The molecule has 1 aliphatic heterocycles. The summed E-state index contributed by atoms with van der Waals surface area (Å²) in [4.78, 5) is 32.7. The fourth-order valence-electron chi connectivity index (χ4n) is 4.46.